The summed E-state index contributed by atoms with van der Waals surface area (Å²) in [6, 6.07) is 13.2. The van der Waals surface area contributed by atoms with Crippen LogP contribution in [0.25, 0.3) is 0 Å². The van der Waals surface area contributed by atoms with E-state index in [4.69, 9.17) is 0 Å². The molecule has 2 aliphatic rings. The number of benzene rings is 1. The lowest BCUT2D eigenvalue weighted by molar-refractivity contribution is 0.0981. The molecule has 2 saturated carbocycles. The lowest BCUT2D eigenvalue weighted by Gasteiger charge is -2.44. The Labute approximate surface area is 129 Å². The van der Waals surface area contributed by atoms with Crippen molar-refractivity contribution < 1.29 is 0 Å². The van der Waals surface area contributed by atoms with Gasteiger partial charge in [0, 0.05) is 18.1 Å². The Kier molecular flexibility index (Phi) is 4.66. The minimum atomic E-state index is 0.649. The van der Waals surface area contributed by atoms with Crippen molar-refractivity contribution in [2.24, 2.45) is 5.92 Å². The largest absolute Gasteiger partial charge is 0.315 e. The first-order valence-electron chi connectivity index (χ1n) is 8.65. The predicted molar refractivity (Wildman–Crippen MR) is 89.6 cm³/mol. The van der Waals surface area contributed by atoms with Crippen molar-refractivity contribution in [3.8, 4) is 0 Å². The van der Waals surface area contributed by atoms with Gasteiger partial charge in [0.15, 0.2) is 0 Å². The molecule has 21 heavy (non-hydrogen) atoms. The Morgan fingerprint density at radius 1 is 1.10 bits per heavy atom. The molecule has 4 atom stereocenters. The number of nitrogens with one attached hydrogen (secondary N) is 1. The van der Waals surface area contributed by atoms with Crippen LogP contribution in [0.1, 0.15) is 50.5 Å². The summed E-state index contributed by atoms with van der Waals surface area (Å²) < 4.78 is 0. The van der Waals surface area contributed by atoms with E-state index in [-0.39, 0.29) is 0 Å². The minimum Gasteiger partial charge on any atom is -0.315 e. The standard InChI is InChI=1S/C19H30N2/c1-14(15-9-10-15)21(3)19-13-17(11-12-18(19)20-2)16-7-5-4-6-8-16/h4-8,14-15,17-20H,9-13H2,1-3H3. The van der Waals surface area contributed by atoms with Crippen LogP contribution >= 0.6 is 0 Å². The lowest BCUT2D eigenvalue weighted by atomic mass is 9.78. The lowest BCUT2D eigenvalue weighted by Crippen LogP contribution is -2.53. The first kappa shape index (κ1) is 15.1. The van der Waals surface area contributed by atoms with Gasteiger partial charge in [0.2, 0.25) is 0 Å². The maximum absolute atomic E-state index is 3.58. The molecule has 2 aliphatic carbocycles. The number of hydrogen-bond donors (Lipinski definition) is 1. The van der Waals surface area contributed by atoms with Crippen LogP contribution in [0, 0.1) is 5.92 Å². The molecule has 0 saturated heterocycles. The van der Waals surface area contributed by atoms with Crippen LogP contribution < -0.4 is 5.32 Å². The average molecular weight is 286 g/mol. The van der Waals surface area contributed by atoms with Crippen molar-refractivity contribution in [1.29, 1.82) is 0 Å². The van der Waals surface area contributed by atoms with E-state index < -0.39 is 0 Å². The van der Waals surface area contributed by atoms with E-state index in [2.05, 4.69) is 61.6 Å². The Morgan fingerprint density at radius 2 is 1.81 bits per heavy atom. The van der Waals surface area contributed by atoms with Gasteiger partial charge in [0.05, 0.1) is 0 Å². The fourth-order valence-corrected chi connectivity index (χ4v) is 4.17. The molecule has 0 aliphatic heterocycles. The Morgan fingerprint density at radius 3 is 2.43 bits per heavy atom. The summed E-state index contributed by atoms with van der Waals surface area (Å²) in [5, 5.41) is 3.58. The molecule has 0 amide bonds. The smallest absolute Gasteiger partial charge is 0.0254 e. The summed E-state index contributed by atoms with van der Waals surface area (Å²) in [6.07, 6.45) is 6.78. The summed E-state index contributed by atoms with van der Waals surface area (Å²) in [4.78, 5) is 2.67. The normalized spacial score (nSPS) is 31.3. The third kappa shape index (κ3) is 3.32. The third-order valence-corrected chi connectivity index (χ3v) is 5.93. The maximum Gasteiger partial charge on any atom is 0.0254 e. The van der Waals surface area contributed by atoms with E-state index in [0.29, 0.717) is 12.1 Å². The van der Waals surface area contributed by atoms with E-state index in [1.807, 2.05) is 0 Å². The van der Waals surface area contributed by atoms with Crippen molar-refractivity contribution in [1.82, 2.24) is 10.2 Å². The maximum atomic E-state index is 3.58. The van der Waals surface area contributed by atoms with Gasteiger partial charge in [-0.2, -0.15) is 0 Å². The van der Waals surface area contributed by atoms with Crippen LogP contribution in [-0.2, 0) is 0 Å². The van der Waals surface area contributed by atoms with Crippen LogP contribution in [0.5, 0.6) is 0 Å². The topological polar surface area (TPSA) is 15.3 Å². The fourth-order valence-electron chi connectivity index (χ4n) is 4.17. The van der Waals surface area contributed by atoms with Crippen LogP contribution in [0.15, 0.2) is 30.3 Å². The molecule has 0 aromatic heterocycles. The number of rotatable bonds is 5. The quantitative estimate of drug-likeness (QED) is 0.889. The van der Waals surface area contributed by atoms with Crippen LogP contribution in [-0.4, -0.2) is 37.1 Å². The van der Waals surface area contributed by atoms with Crippen molar-refractivity contribution in [3.63, 3.8) is 0 Å². The van der Waals surface area contributed by atoms with Crippen LogP contribution in [0.4, 0.5) is 0 Å². The SMILES string of the molecule is CNC1CCC(c2ccccc2)CC1N(C)C(C)C1CC1. The summed E-state index contributed by atoms with van der Waals surface area (Å²) in [5.41, 5.74) is 1.53. The van der Waals surface area contributed by atoms with Crippen molar-refractivity contribution in [2.45, 2.75) is 63.1 Å². The number of hydrogen-bond acceptors (Lipinski definition) is 2. The summed E-state index contributed by atoms with van der Waals surface area (Å²) in [5.74, 6) is 1.68. The molecule has 2 nitrogen and oxygen atoms in total. The molecule has 4 unspecified atom stereocenters. The van der Waals surface area contributed by atoms with Crippen LogP contribution in [0.3, 0.4) is 0 Å². The highest BCUT2D eigenvalue weighted by atomic mass is 15.2. The predicted octanol–water partition coefficient (Wildman–Crippen LogP) is 3.64. The summed E-state index contributed by atoms with van der Waals surface area (Å²) >= 11 is 0. The van der Waals surface area contributed by atoms with Gasteiger partial charge in [-0.15, -0.1) is 0 Å². The highest BCUT2D eigenvalue weighted by Gasteiger charge is 2.38. The van der Waals surface area contributed by atoms with Crippen molar-refractivity contribution >= 4 is 0 Å². The first-order chi connectivity index (χ1) is 10.2. The molecule has 1 aromatic carbocycles. The second-order valence-electron chi connectivity index (χ2n) is 7.13. The second-order valence-corrected chi connectivity index (χ2v) is 7.13. The fraction of sp³-hybridized carbons (Fsp3) is 0.684. The molecule has 0 spiro atoms. The molecular weight excluding hydrogens is 256 g/mol. The average Bonchev–Trinajstić information content (AvgIpc) is 3.38. The summed E-state index contributed by atoms with van der Waals surface area (Å²) in [6.45, 7) is 2.43. The van der Waals surface area contributed by atoms with Gasteiger partial charge in [-0.1, -0.05) is 30.3 Å². The van der Waals surface area contributed by atoms with Gasteiger partial charge in [-0.25, -0.2) is 0 Å². The van der Waals surface area contributed by atoms with E-state index >= 15 is 0 Å². The summed E-state index contributed by atoms with van der Waals surface area (Å²) in [7, 11) is 4.49. The molecule has 0 radical (unpaired) electrons. The van der Waals surface area contributed by atoms with E-state index in [1.54, 1.807) is 0 Å². The molecule has 2 fully saturated rings. The second kappa shape index (κ2) is 6.50. The third-order valence-electron chi connectivity index (χ3n) is 5.93. The van der Waals surface area contributed by atoms with Gasteiger partial charge < -0.3 is 5.32 Å². The number of likely N-dealkylation sites (N-methyl/N-ethyl adjacent to an activating group) is 2. The molecule has 2 heteroatoms. The van der Waals surface area contributed by atoms with Crippen molar-refractivity contribution in [2.75, 3.05) is 14.1 Å². The number of nitrogens with zero attached hydrogens (tertiary/aromatic N) is 1. The zero-order valence-electron chi connectivity index (χ0n) is 13.8. The first-order valence-corrected chi connectivity index (χ1v) is 8.65. The molecule has 1 N–H and O–H groups in total. The zero-order chi connectivity index (χ0) is 14.8. The van der Waals surface area contributed by atoms with Crippen molar-refractivity contribution in [3.05, 3.63) is 35.9 Å². The highest BCUT2D eigenvalue weighted by Crippen LogP contribution is 2.39. The Hall–Kier alpha value is -0.860. The minimum absolute atomic E-state index is 0.649. The van der Waals surface area contributed by atoms with E-state index in [0.717, 1.165) is 17.9 Å². The van der Waals surface area contributed by atoms with Gasteiger partial charge in [0.1, 0.15) is 0 Å². The molecule has 116 valence electrons. The Bertz CT molecular complexity index is 440. The van der Waals surface area contributed by atoms with Gasteiger partial charge in [0.25, 0.3) is 0 Å². The van der Waals surface area contributed by atoms with Gasteiger partial charge in [-0.3, -0.25) is 4.90 Å². The van der Waals surface area contributed by atoms with E-state index in [9.17, 15) is 0 Å². The Balaban J connectivity index is 1.72. The molecular formula is C19H30N2. The highest BCUT2D eigenvalue weighted by molar-refractivity contribution is 5.21. The van der Waals surface area contributed by atoms with Crippen LogP contribution in [0.2, 0.25) is 0 Å². The molecule has 0 heterocycles. The molecule has 1 aromatic rings. The molecule has 0 bridgehead atoms. The molecule has 3 rings (SSSR count). The monoisotopic (exact) mass is 286 g/mol. The van der Waals surface area contributed by atoms with E-state index in [1.165, 1.54) is 37.7 Å². The van der Waals surface area contributed by atoms with Gasteiger partial charge >= 0.3 is 0 Å². The zero-order valence-corrected chi connectivity index (χ0v) is 13.8. The van der Waals surface area contributed by atoms with Gasteiger partial charge in [-0.05, 0) is 70.5 Å².